The van der Waals surface area contributed by atoms with Crippen LogP contribution in [0.1, 0.15) is 51.4 Å². The molecule has 2 fully saturated rings. The maximum atomic E-state index is 14.6. The van der Waals surface area contributed by atoms with Crippen molar-refractivity contribution >= 4 is 17.7 Å². The zero-order valence-electron chi connectivity index (χ0n) is 23.6. The van der Waals surface area contributed by atoms with E-state index in [0.29, 0.717) is 23.1 Å². The van der Waals surface area contributed by atoms with E-state index in [2.05, 4.69) is 0 Å². The summed E-state index contributed by atoms with van der Waals surface area (Å²) in [4.78, 5) is 40.1. The summed E-state index contributed by atoms with van der Waals surface area (Å²) in [6, 6.07) is 8.72. The van der Waals surface area contributed by atoms with Crippen molar-refractivity contribution in [1.82, 2.24) is 0 Å². The van der Waals surface area contributed by atoms with Crippen LogP contribution in [0.4, 0.5) is 0 Å². The number of allylic oxidation sites excluding steroid dienone is 2. The third-order valence-corrected chi connectivity index (χ3v) is 10.2. The highest BCUT2D eigenvalue weighted by atomic mass is 16.6. The Morgan fingerprint density at radius 1 is 1.20 bits per heavy atom. The molecular weight excluding hydrogens is 512 g/mol. The lowest BCUT2D eigenvalue weighted by Crippen LogP contribution is -2.65. The van der Waals surface area contributed by atoms with Gasteiger partial charge in [-0.2, -0.15) is 0 Å². The second-order valence-electron chi connectivity index (χ2n) is 12.2. The van der Waals surface area contributed by atoms with E-state index in [0.717, 1.165) is 0 Å². The molecule has 2 saturated carbocycles. The van der Waals surface area contributed by atoms with Crippen molar-refractivity contribution < 1.29 is 39.2 Å². The van der Waals surface area contributed by atoms with Gasteiger partial charge in [0.15, 0.2) is 17.5 Å². The van der Waals surface area contributed by atoms with Gasteiger partial charge in [0, 0.05) is 16.9 Å². The fourth-order valence-electron chi connectivity index (χ4n) is 7.82. The normalized spacial score (nSPS) is 40.1. The molecule has 0 aliphatic heterocycles. The van der Waals surface area contributed by atoms with E-state index >= 15 is 0 Å². The van der Waals surface area contributed by atoms with Gasteiger partial charge in [-0.3, -0.25) is 4.79 Å². The number of esters is 2. The predicted molar refractivity (Wildman–Crippen MR) is 146 cm³/mol. The number of carbonyl (C=O) groups is 3. The fraction of sp³-hybridized carbons (Fsp3) is 0.531. The van der Waals surface area contributed by atoms with Gasteiger partial charge in [0.05, 0.1) is 24.2 Å². The number of aliphatic hydroxyl groups is 3. The van der Waals surface area contributed by atoms with Crippen LogP contribution in [-0.4, -0.2) is 64.1 Å². The lowest BCUT2D eigenvalue weighted by Gasteiger charge is -2.48. The molecule has 40 heavy (non-hydrogen) atoms. The number of benzene rings is 1. The van der Waals surface area contributed by atoms with Gasteiger partial charge in [-0.05, 0) is 68.2 Å². The van der Waals surface area contributed by atoms with Crippen LogP contribution in [0.5, 0.6) is 0 Å². The SMILES string of the molecule is C/C=C(/C)C(=O)O[C@H]1C(C)=C[C@]23C(=O)[C@@H](C=C(CO)[C@@H](O)[C@]12O)[C@H]1[C@@H](CC3C)[C@@]1(C)COC(=O)c1ccccc1. The molecule has 1 aromatic carbocycles. The van der Waals surface area contributed by atoms with Crippen molar-refractivity contribution in [2.45, 2.75) is 58.8 Å². The van der Waals surface area contributed by atoms with Crippen LogP contribution in [0.15, 0.2) is 65.3 Å². The predicted octanol–water partition coefficient (Wildman–Crippen LogP) is 3.17. The van der Waals surface area contributed by atoms with Crippen LogP contribution in [0.3, 0.4) is 0 Å². The first-order valence-corrected chi connectivity index (χ1v) is 13.9. The van der Waals surface area contributed by atoms with Gasteiger partial charge in [-0.25, -0.2) is 9.59 Å². The summed E-state index contributed by atoms with van der Waals surface area (Å²) in [7, 11) is 0. The highest BCUT2D eigenvalue weighted by molar-refractivity contribution is 5.96. The van der Waals surface area contributed by atoms with Crippen LogP contribution >= 0.6 is 0 Å². The first kappa shape index (κ1) is 28.5. The minimum Gasteiger partial charge on any atom is -0.461 e. The topological polar surface area (TPSA) is 130 Å². The number of ether oxygens (including phenoxy) is 2. The molecule has 0 aromatic heterocycles. The van der Waals surface area contributed by atoms with Gasteiger partial charge in [0.25, 0.3) is 0 Å². The van der Waals surface area contributed by atoms with E-state index in [9.17, 15) is 29.7 Å². The van der Waals surface area contributed by atoms with Gasteiger partial charge < -0.3 is 24.8 Å². The zero-order valence-corrected chi connectivity index (χ0v) is 23.6. The Hall–Kier alpha value is -3.07. The van der Waals surface area contributed by atoms with Gasteiger partial charge in [0.1, 0.15) is 6.10 Å². The smallest absolute Gasteiger partial charge is 0.338 e. The van der Waals surface area contributed by atoms with Crippen LogP contribution in [0.25, 0.3) is 0 Å². The number of aliphatic hydroxyl groups excluding tert-OH is 2. The molecular formula is C32H38O8. The molecule has 0 radical (unpaired) electrons. The van der Waals surface area contributed by atoms with Crippen LogP contribution in [-0.2, 0) is 19.1 Å². The van der Waals surface area contributed by atoms with E-state index in [-0.39, 0.29) is 29.8 Å². The van der Waals surface area contributed by atoms with Gasteiger partial charge >= 0.3 is 11.9 Å². The summed E-state index contributed by atoms with van der Waals surface area (Å²) in [5, 5.41) is 34.4. The van der Waals surface area contributed by atoms with E-state index in [4.69, 9.17) is 9.47 Å². The van der Waals surface area contributed by atoms with Gasteiger partial charge in [-0.1, -0.05) is 50.3 Å². The maximum absolute atomic E-state index is 14.6. The van der Waals surface area contributed by atoms with Crippen LogP contribution in [0, 0.1) is 34.5 Å². The van der Waals surface area contributed by atoms with Crippen molar-refractivity contribution in [3.8, 4) is 0 Å². The van der Waals surface area contributed by atoms with Crippen molar-refractivity contribution in [2.24, 2.45) is 34.5 Å². The highest BCUT2D eigenvalue weighted by Crippen LogP contribution is 2.72. The summed E-state index contributed by atoms with van der Waals surface area (Å²) in [5.74, 6) is -2.79. The molecule has 8 heteroatoms. The summed E-state index contributed by atoms with van der Waals surface area (Å²) < 4.78 is 11.5. The Kier molecular flexibility index (Phi) is 6.96. The molecule has 214 valence electrons. The maximum Gasteiger partial charge on any atom is 0.338 e. The Labute approximate surface area is 234 Å². The lowest BCUT2D eigenvalue weighted by atomic mass is 9.59. The first-order chi connectivity index (χ1) is 18.9. The molecule has 1 aromatic rings. The molecule has 0 saturated heterocycles. The number of Topliss-reactive ketones (excluding diaryl/α,β-unsaturated/α-hetero) is 1. The number of ketones is 1. The minimum absolute atomic E-state index is 0.00402. The standard InChI is InChI=1S/C32H38O8/c1-6-17(2)28(36)40-27-18(3)14-31-19(4)12-23-24(22(26(31)35)13-21(15-33)25(34)32(27,31)38)30(23,5)16-39-29(37)20-10-8-7-9-11-20/h6-11,13-14,19,22-25,27,33-34,38H,12,15-16H2,1-5H3/b17-6-/t19?,22-,23+,24-,25+,27-,30+,31-,32-/m0/s1. The van der Waals surface area contributed by atoms with Crippen molar-refractivity contribution in [3.63, 3.8) is 0 Å². The van der Waals surface area contributed by atoms with E-state index < -0.39 is 59.0 Å². The van der Waals surface area contributed by atoms with E-state index in [1.54, 1.807) is 63.3 Å². The molecule has 4 aliphatic rings. The Balaban J connectivity index is 1.52. The highest BCUT2D eigenvalue weighted by Gasteiger charge is 2.77. The van der Waals surface area contributed by atoms with E-state index in [1.807, 2.05) is 19.9 Å². The molecule has 0 heterocycles. The quantitative estimate of drug-likeness (QED) is 0.280. The molecule has 4 aliphatic carbocycles. The summed E-state index contributed by atoms with van der Waals surface area (Å²) in [5.41, 5.74) is -2.88. The van der Waals surface area contributed by atoms with Crippen molar-refractivity contribution in [3.05, 3.63) is 70.8 Å². The molecule has 0 amide bonds. The Bertz CT molecular complexity index is 1330. The summed E-state index contributed by atoms with van der Waals surface area (Å²) in [6.45, 7) is 8.38. The third kappa shape index (κ3) is 3.80. The summed E-state index contributed by atoms with van der Waals surface area (Å²) in [6.07, 6.45) is 2.46. The third-order valence-electron chi connectivity index (χ3n) is 10.2. The summed E-state index contributed by atoms with van der Waals surface area (Å²) >= 11 is 0. The number of rotatable bonds is 6. The van der Waals surface area contributed by atoms with Crippen molar-refractivity contribution in [2.75, 3.05) is 13.2 Å². The van der Waals surface area contributed by atoms with Gasteiger partial charge in [-0.15, -0.1) is 0 Å². The largest absolute Gasteiger partial charge is 0.461 e. The molecule has 3 N–H and O–H groups in total. The molecule has 9 atom stereocenters. The molecule has 2 bridgehead atoms. The second-order valence-corrected chi connectivity index (χ2v) is 12.2. The lowest BCUT2D eigenvalue weighted by molar-refractivity contribution is -0.201. The Morgan fingerprint density at radius 3 is 2.50 bits per heavy atom. The number of hydrogen-bond acceptors (Lipinski definition) is 8. The zero-order chi connectivity index (χ0) is 29.2. The Morgan fingerprint density at radius 2 is 1.88 bits per heavy atom. The minimum atomic E-state index is -2.20. The molecule has 1 unspecified atom stereocenters. The number of hydrogen-bond donors (Lipinski definition) is 3. The van der Waals surface area contributed by atoms with E-state index in [1.165, 1.54) is 0 Å². The van der Waals surface area contributed by atoms with Crippen molar-refractivity contribution in [1.29, 1.82) is 0 Å². The fourth-order valence-corrected chi connectivity index (χ4v) is 7.82. The average molecular weight is 551 g/mol. The second kappa shape index (κ2) is 9.79. The monoisotopic (exact) mass is 550 g/mol. The van der Waals surface area contributed by atoms with Crippen LogP contribution < -0.4 is 0 Å². The van der Waals surface area contributed by atoms with Gasteiger partial charge in [0.2, 0.25) is 0 Å². The first-order valence-electron chi connectivity index (χ1n) is 13.9. The molecule has 1 spiro atoms. The molecule has 5 rings (SSSR count). The van der Waals surface area contributed by atoms with Crippen LogP contribution in [0.2, 0.25) is 0 Å². The number of fused-ring (bicyclic) bond motifs is 3. The average Bonchev–Trinajstić information content (AvgIpc) is 3.48. The number of carbonyl (C=O) groups excluding carboxylic acids is 3. The molecule has 8 nitrogen and oxygen atoms in total.